The average Bonchev–Trinajstić information content (AvgIpc) is 3.20. The van der Waals surface area contributed by atoms with Crippen LogP contribution >= 0.6 is 0 Å². The second-order valence-electron chi connectivity index (χ2n) is 10.4. The van der Waals surface area contributed by atoms with Crippen molar-refractivity contribution in [2.75, 3.05) is 42.7 Å². The van der Waals surface area contributed by atoms with Gasteiger partial charge in [-0.2, -0.15) is 10.1 Å². The molecule has 0 saturated carbocycles. The summed E-state index contributed by atoms with van der Waals surface area (Å²) >= 11 is 0. The zero-order valence-electron chi connectivity index (χ0n) is 24.3. The van der Waals surface area contributed by atoms with Crippen LogP contribution in [0.1, 0.15) is 16.8 Å². The summed E-state index contributed by atoms with van der Waals surface area (Å²) in [5.74, 6) is 0.599. The Morgan fingerprint density at radius 3 is 2.67 bits per heavy atom. The Labute approximate surface area is 245 Å². The van der Waals surface area contributed by atoms with E-state index in [1.807, 2.05) is 86.5 Å². The van der Waals surface area contributed by atoms with E-state index in [1.165, 1.54) is 6.08 Å². The van der Waals surface area contributed by atoms with Crippen molar-refractivity contribution in [3.63, 3.8) is 0 Å². The molecule has 0 saturated heterocycles. The van der Waals surface area contributed by atoms with Crippen molar-refractivity contribution >= 4 is 40.8 Å². The Hall–Kier alpha value is -5.03. The Morgan fingerprint density at radius 1 is 1.12 bits per heavy atom. The summed E-state index contributed by atoms with van der Waals surface area (Å²) in [6, 6.07) is 16.9. The summed E-state index contributed by atoms with van der Waals surface area (Å²) in [4.78, 5) is 41.6. The lowest BCUT2D eigenvalue weighted by Gasteiger charge is -2.28. The fourth-order valence-corrected chi connectivity index (χ4v) is 4.71. The molecule has 3 heterocycles. The second-order valence-corrected chi connectivity index (χ2v) is 10.4. The predicted octanol–water partition coefficient (Wildman–Crippen LogP) is 4.63. The van der Waals surface area contributed by atoms with E-state index < -0.39 is 0 Å². The van der Waals surface area contributed by atoms with Crippen LogP contribution in [0.25, 0.3) is 0 Å². The van der Waals surface area contributed by atoms with Gasteiger partial charge in [0.25, 0.3) is 0 Å². The number of amides is 3. The van der Waals surface area contributed by atoms with E-state index in [2.05, 4.69) is 20.7 Å². The number of aromatic nitrogens is 4. The molecule has 0 unspecified atom stereocenters. The van der Waals surface area contributed by atoms with Crippen LogP contribution in [-0.2, 0) is 24.8 Å². The second kappa shape index (κ2) is 12.6. The third-order valence-electron chi connectivity index (χ3n) is 6.75. The number of fused-ring (bicyclic) bond motifs is 1. The minimum Gasteiger partial charge on any atom is -0.322 e. The highest BCUT2D eigenvalue weighted by molar-refractivity contribution is 6.02. The lowest BCUT2D eigenvalue weighted by Crippen LogP contribution is -2.40. The molecule has 0 radical (unpaired) electrons. The molecule has 0 bridgehead atoms. The van der Waals surface area contributed by atoms with E-state index >= 15 is 0 Å². The number of rotatable bonds is 9. The van der Waals surface area contributed by atoms with Gasteiger partial charge in [-0.3, -0.25) is 9.48 Å². The zero-order chi connectivity index (χ0) is 29.6. The summed E-state index contributed by atoms with van der Waals surface area (Å²) in [7, 11) is 5.72. The van der Waals surface area contributed by atoms with Crippen LogP contribution in [0.15, 0.2) is 79.1 Å². The smallest absolute Gasteiger partial charge is 0.322 e. The van der Waals surface area contributed by atoms with Gasteiger partial charge in [0.15, 0.2) is 0 Å². The number of hydrogen-bond donors (Lipinski definition) is 2. The van der Waals surface area contributed by atoms with Gasteiger partial charge < -0.3 is 20.4 Å². The van der Waals surface area contributed by atoms with Crippen molar-refractivity contribution in [1.82, 2.24) is 29.5 Å². The van der Waals surface area contributed by atoms with Gasteiger partial charge in [-0.1, -0.05) is 42.5 Å². The van der Waals surface area contributed by atoms with Gasteiger partial charge in [0.1, 0.15) is 5.82 Å². The molecule has 0 aliphatic carbocycles. The lowest BCUT2D eigenvalue weighted by molar-refractivity contribution is -0.111. The summed E-state index contributed by atoms with van der Waals surface area (Å²) < 4.78 is 1.72. The number of aryl methyl sites for hydroxylation is 2. The van der Waals surface area contributed by atoms with Crippen molar-refractivity contribution in [1.29, 1.82) is 0 Å². The molecular formula is C31H35N9O2. The van der Waals surface area contributed by atoms with Crippen LogP contribution in [0.2, 0.25) is 0 Å². The molecule has 5 rings (SSSR count). The predicted molar refractivity (Wildman–Crippen MR) is 164 cm³/mol. The fourth-order valence-electron chi connectivity index (χ4n) is 4.71. The molecule has 2 N–H and O–H groups in total. The fraction of sp³-hybridized carbons (Fsp3) is 0.258. The van der Waals surface area contributed by atoms with Crippen LogP contribution in [0.3, 0.4) is 0 Å². The molecule has 0 spiro atoms. The first-order valence-electron chi connectivity index (χ1n) is 13.8. The molecule has 0 atom stereocenters. The number of likely N-dealkylation sites (N-methyl/N-ethyl adjacent to an activating group) is 1. The highest BCUT2D eigenvalue weighted by Crippen LogP contribution is 2.34. The quantitative estimate of drug-likeness (QED) is 0.285. The largest absolute Gasteiger partial charge is 0.330 e. The van der Waals surface area contributed by atoms with Crippen LogP contribution in [0, 0.1) is 6.92 Å². The van der Waals surface area contributed by atoms with Gasteiger partial charge in [-0.15, -0.1) is 0 Å². The number of benzene rings is 2. The number of carbonyl (C=O) groups excluding carboxylic acids is 2. The topological polar surface area (TPSA) is 112 Å². The molecule has 2 aromatic heterocycles. The maximum absolute atomic E-state index is 14.2. The number of hydrogen-bond acceptors (Lipinski definition) is 7. The van der Waals surface area contributed by atoms with E-state index in [0.717, 1.165) is 22.5 Å². The first-order chi connectivity index (χ1) is 20.3. The Morgan fingerprint density at radius 2 is 1.93 bits per heavy atom. The molecule has 11 heteroatoms. The molecule has 4 aromatic rings. The molecule has 0 fully saturated rings. The molecule has 11 nitrogen and oxygen atoms in total. The summed E-state index contributed by atoms with van der Waals surface area (Å²) in [5, 5.41) is 10.5. The van der Waals surface area contributed by atoms with Crippen LogP contribution in [-0.4, -0.2) is 68.7 Å². The number of nitrogens with zero attached hydrogens (tertiary/aromatic N) is 7. The maximum Gasteiger partial charge on any atom is 0.330 e. The van der Waals surface area contributed by atoms with Crippen molar-refractivity contribution in [2.24, 2.45) is 7.05 Å². The molecule has 3 amide bonds. The average molecular weight is 566 g/mol. The normalized spacial score (nSPS) is 13.4. The van der Waals surface area contributed by atoms with E-state index in [9.17, 15) is 9.59 Å². The van der Waals surface area contributed by atoms with E-state index in [1.54, 1.807) is 34.0 Å². The van der Waals surface area contributed by atoms with Crippen LogP contribution in [0.4, 0.5) is 33.6 Å². The molecule has 1 aliphatic rings. The first kappa shape index (κ1) is 28.5. The maximum atomic E-state index is 14.2. The Balaban J connectivity index is 1.50. The number of nitrogens with one attached hydrogen (secondary N) is 2. The molecule has 42 heavy (non-hydrogen) atoms. The van der Waals surface area contributed by atoms with Gasteiger partial charge in [0, 0.05) is 56.4 Å². The van der Waals surface area contributed by atoms with Gasteiger partial charge in [0.05, 0.1) is 17.1 Å². The minimum absolute atomic E-state index is 0.214. The number of anilines is 5. The van der Waals surface area contributed by atoms with E-state index in [-0.39, 0.29) is 11.9 Å². The lowest BCUT2D eigenvalue weighted by atomic mass is 10.2. The number of urea groups is 1. The monoisotopic (exact) mass is 565 g/mol. The molecule has 1 aliphatic heterocycles. The van der Waals surface area contributed by atoms with E-state index in [4.69, 9.17) is 4.98 Å². The van der Waals surface area contributed by atoms with Gasteiger partial charge in [-0.25, -0.2) is 14.7 Å². The van der Waals surface area contributed by atoms with E-state index in [0.29, 0.717) is 49.2 Å². The standard InChI is InChI=1S/C31H35N9O2/c1-22-27(21-38(4)36-22)34-30-32-19-24-15-17-39(20-23-10-6-5-7-11-23)31(42)40(29(24)35-30)26-13-8-12-25(18-26)33-28(41)14-9-16-37(2)3/h5-14,18-19,21H,15-17,20H2,1-4H3,(H,33,41)(H,32,34,35)/b14-9+. The molecule has 216 valence electrons. The van der Waals surface area contributed by atoms with Gasteiger partial charge in [-0.05, 0) is 51.2 Å². The molecular weight excluding hydrogens is 530 g/mol. The summed E-state index contributed by atoms with van der Waals surface area (Å²) in [6.07, 6.45) is 7.51. The Kier molecular flexibility index (Phi) is 8.58. The third kappa shape index (κ3) is 6.81. The van der Waals surface area contributed by atoms with Crippen LogP contribution < -0.4 is 15.5 Å². The van der Waals surface area contributed by atoms with Crippen molar-refractivity contribution in [3.8, 4) is 0 Å². The van der Waals surface area contributed by atoms with Crippen molar-refractivity contribution < 1.29 is 9.59 Å². The number of carbonyl (C=O) groups is 2. The zero-order valence-corrected chi connectivity index (χ0v) is 24.3. The SMILES string of the molecule is Cc1nn(C)cc1Nc1ncc2c(n1)N(c1cccc(NC(=O)/C=C/CN(C)C)c1)C(=O)N(Cc1ccccc1)CC2. The first-order valence-corrected chi connectivity index (χ1v) is 13.8. The summed E-state index contributed by atoms with van der Waals surface area (Å²) in [6.45, 7) is 3.50. The van der Waals surface area contributed by atoms with Gasteiger partial charge >= 0.3 is 6.03 Å². The van der Waals surface area contributed by atoms with Crippen LogP contribution in [0.5, 0.6) is 0 Å². The van der Waals surface area contributed by atoms with Crippen molar-refractivity contribution in [2.45, 2.75) is 19.9 Å². The van der Waals surface area contributed by atoms with Gasteiger partial charge in [0.2, 0.25) is 11.9 Å². The third-order valence-corrected chi connectivity index (χ3v) is 6.75. The minimum atomic E-state index is -0.247. The Bertz CT molecular complexity index is 1600. The highest BCUT2D eigenvalue weighted by Gasteiger charge is 2.31. The molecule has 2 aromatic carbocycles. The van der Waals surface area contributed by atoms with Crippen molar-refractivity contribution in [3.05, 3.63) is 96.0 Å². The highest BCUT2D eigenvalue weighted by atomic mass is 16.2. The summed E-state index contributed by atoms with van der Waals surface area (Å²) in [5.41, 5.74) is 4.61.